The number of amides is 1. The fraction of sp³-hybridized carbons (Fsp3) is 0.412. The molecule has 1 aliphatic rings. The minimum Gasteiger partial charge on any atom is -0.377 e. The Labute approximate surface area is 151 Å². The van der Waals surface area contributed by atoms with E-state index in [0.717, 1.165) is 11.3 Å². The number of aromatic nitrogens is 2. The van der Waals surface area contributed by atoms with E-state index in [9.17, 15) is 4.79 Å². The summed E-state index contributed by atoms with van der Waals surface area (Å²) in [5.74, 6) is -0.0924. The number of nitrogens with zero attached hydrogens (tertiary/aromatic N) is 3. The number of hydrogen-bond acceptors (Lipinski definition) is 3. The van der Waals surface area contributed by atoms with E-state index in [0.29, 0.717) is 35.5 Å². The van der Waals surface area contributed by atoms with E-state index in [1.54, 1.807) is 29.9 Å². The molecule has 3 rings (SSSR count). The molecule has 1 amide bonds. The van der Waals surface area contributed by atoms with Gasteiger partial charge in [0.05, 0.1) is 34.5 Å². The van der Waals surface area contributed by atoms with E-state index < -0.39 is 0 Å². The van der Waals surface area contributed by atoms with Gasteiger partial charge in [-0.25, -0.2) is 0 Å². The summed E-state index contributed by atoms with van der Waals surface area (Å²) >= 11 is 12.1. The van der Waals surface area contributed by atoms with Crippen molar-refractivity contribution in [3.63, 3.8) is 0 Å². The largest absolute Gasteiger partial charge is 0.377 e. The molecular weight excluding hydrogens is 349 g/mol. The molecule has 1 aromatic heterocycles. The summed E-state index contributed by atoms with van der Waals surface area (Å²) in [4.78, 5) is 14.7. The van der Waals surface area contributed by atoms with Gasteiger partial charge < -0.3 is 9.64 Å². The third-order valence-electron chi connectivity index (χ3n) is 4.20. The lowest BCUT2D eigenvalue weighted by Gasteiger charge is -2.41. The minimum atomic E-state index is -0.351. The highest BCUT2D eigenvalue weighted by molar-refractivity contribution is 6.42. The van der Waals surface area contributed by atoms with Crippen molar-refractivity contribution in [3.05, 3.63) is 40.0 Å². The Bertz CT molecular complexity index is 786. The molecule has 1 fully saturated rings. The highest BCUT2D eigenvalue weighted by Gasteiger charge is 2.35. The molecule has 5 nitrogen and oxygen atoms in total. The second-order valence-corrected chi connectivity index (χ2v) is 7.30. The Morgan fingerprint density at radius 1 is 1.25 bits per heavy atom. The first-order valence-corrected chi connectivity index (χ1v) is 8.44. The number of morpholine rings is 1. The lowest BCUT2D eigenvalue weighted by molar-refractivity contribution is -0.0373. The normalized spacial score (nSPS) is 17.1. The zero-order valence-electron chi connectivity index (χ0n) is 13.8. The van der Waals surface area contributed by atoms with Crippen LogP contribution < -0.4 is 0 Å². The Morgan fingerprint density at radius 2 is 2.00 bits per heavy atom. The third-order valence-corrected chi connectivity index (χ3v) is 4.94. The molecule has 2 aromatic rings. The van der Waals surface area contributed by atoms with Crippen molar-refractivity contribution in [2.45, 2.75) is 19.4 Å². The molecule has 0 spiro atoms. The summed E-state index contributed by atoms with van der Waals surface area (Å²) in [6.07, 6.45) is 0. The summed E-state index contributed by atoms with van der Waals surface area (Å²) in [6.45, 7) is 5.61. The molecule has 1 aliphatic heterocycles. The second kappa shape index (κ2) is 6.39. The van der Waals surface area contributed by atoms with Crippen LogP contribution in [0.4, 0.5) is 0 Å². The van der Waals surface area contributed by atoms with Gasteiger partial charge in [0.1, 0.15) is 0 Å². The topological polar surface area (TPSA) is 47.4 Å². The SMILES string of the molecule is Cn1nc(C(=O)N2CCOCC2(C)C)cc1-c1ccc(Cl)c(Cl)c1. The van der Waals surface area contributed by atoms with Gasteiger partial charge in [-0.05, 0) is 32.0 Å². The van der Waals surface area contributed by atoms with Crippen LogP contribution in [0.25, 0.3) is 11.3 Å². The summed E-state index contributed by atoms with van der Waals surface area (Å²) in [5.41, 5.74) is 1.73. The lowest BCUT2D eigenvalue weighted by atomic mass is 10.0. The number of ether oxygens (including phenoxy) is 1. The van der Waals surface area contributed by atoms with E-state index in [1.165, 1.54) is 0 Å². The van der Waals surface area contributed by atoms with E-state index in [2.05, 4.69) is 5.10 Å². The molecule has 0 N–H and O–H groups in total. The zero-order valence-corrected chi connectivity index (χ0v) is 15.4. The van der Waals surface area contributed by atoms with Crippen molar-refractivity contribution in [2.75, 3.05) is 19.8 Å². The van der Waals surface area contributed by atoms with Crippen molar-refractivity contribution >= 4 is 29.1 Å². The summed E-state index contributed by atoms with van der Waals surface area (Å²) < 4.78 is 7.16. The van der Waals surface area contributed by atoms with E-state index in [1.807, 2.05) is 24.8 Å². The molecule has 0 radical (unpaired) electrons. The van der Waals surface area contributed by atoms with Gasteiger partial charge >= 0.3 is 0 Å². The molecule has 0 atom stereocenters. The Morgan fingerprint density at radius 3 is 2.67 bits per heavy atom. The fourth-order valence-electron chi connectivity index (χ4n) is 2.87. The summed E-state index contributed by atoms with van der Waals surface area (Å²) in [5, 5.41) is 5.35. The minimum absolute atomic E-state index is 0.0924. The summed E-state index contributed by atoms with van der Waals surface area (Å²) in [7, 11) is 1.80. The number of benzene rings is 1. The number of hydrogen-bond donors (Lipinski definition) is 0. The Kier molecular flexibility index (Phi) is 4.60. The first-order valence-electron chi connectivity index (χ1n) is 7.69. The monoisotopic (exact) mass is 367 g/mol. The Hall–Kier alpha value is -1.56. The highest BCUT2D eigenvalue weighted by atomic mass is 35.5. The first kappa shape index (κ1) is 17.3. The second-order valence-electron chi connectivity index (χ2n) is 6.49. The third kappa shape index (κ3) is 3.16. The molecule has 0 saturated carbocycles. The molecule has 128 valence electrons. The van der Waals surface area contributed by atoms with Crippen molar-refractivity contribution in [2.24, 2.45) is 7.05 Å². The predicted octanol–water partition coefficient (Wildman–Crippen LogP) is 3.64. The van der Waals surface area contributed by atoms with Gasteiger partial charge in [0.15, 0.2) is 5.69 Å². The lowest BCUT2D eigenvalue weighted by Crippen LogP contribution is -2.55. The van der Waals surface area contributed by atoms with Crippen LogP contribution in [0.15, 0.2) is 24.3 Å². The van der Waals surface area contributed by atoms with Gasteiger partial charge in [-0.3, -0.25) is 9.48 Å². The molecule has 0 unspecified atom stereocenters. The molecule has 1 aromatic carbocycles. The van der Waals surface area contributed by atoms with Crippen LogP contribution in [0.5, 0.6) is 0 Å². The fourth-order valence-corrected chi connectivity index (χ4v) is 3.17. The van der Waals surface area contributed by atoms with Gasteiger partial charge in [-0.2, -0.15) is 5.10 Å². The zero-order chi connectivity index (χ0) is 17.5. The number of rotatable bonds is 2. The smallest absolute Gasteiger partial charge is 0.274 e. The molecule has 24 heavy (non-hydrogen) atoms. The number of halogens is 2. The van der Waals surface area contributed by atoms with Gasteiger partial charge in [0.2, 0.25) is 0 Å². The van der Waals surface area contributed by atoms with Crippen LogP contribution in [0.1, 0.15) is 24.3 Å². The number of aryl methyl sites for hydroxylation is 1. The van der Waals surface area contributed by atoms with Crippen LogP contribution in [0.3, 0.4) is 0 Å². The van der Waals surface area contributed by atoms with Crippen LogP contribution in [0.2, 0.25) is 10.0 Å². The van der Waals surface area contributed by atoms with E-state index >= 15 is 0 Å². The maximum absolute atomic E-state index is 12.9. The van der Waals surface area contributed by atoms with Crippen LogP contribution in [-0.4, -0.2) is 45.9 Å². The van der Waals surface area contributed by atoms with Crippen LogP contribution in [0, 0.1) is 0 Å². The standard InChI is InChI=1S/C17H19Cl2N3O2/c1-17(2)10-24-7-6-22(17)16(23)14-9-15(21(3)20-14)11-4-5-12(18)13(19)8-11/h4-5,8-9H,6-7,10H2,1-3H3. The maximum atomic E-state index is 12.9. The average molecular weight is 368 g/mol. The van der Waals surface area contributed by atoms with Crippen molar-refractivity contribution in [1.82, 2.24) is 14.7 Å². The van der Waals surface area contributed by atoms with Gasteiger partial charge in [0.25, 0.3) is 5.91 Å². The first-order chi connectivity index (χ1) is 11.3. The molecule has 7 heteroatoms. The van der Waals surface area contributed by atoms with Gasteiger partial charge in [-0.1, -0.05) is 29.3 Å². The average Bonchev–Trinajstić information content (AvgIpc) is 2.91. The molecule has 1 saturated heterocycles. The molecule has 0 bridgehead atoms. The molecule has 2 heterocycles. The molecule has 0 aliphatic carbocycles. The maximum Gasteiger partial charge on any atom is 0.274 e. The van der Waals surface area contributed by atoms with Crippen LogP contribution in [-0.2, 0) is 11.8 Å². The van der Waals surface area contributed by atoms with Gasteiger partial charge in [0, 0.05) is 19.2 Å². The number of carbonyl (C=O) groups is 1. The molecular formula is C17H19Cl2N3O2. The van der Waals surface area contributed by atoms with Crippen LogP contribution >= 0.6 is 23.2 Å². The van der Waals surface area contributed by atoms with Crippen molar-refractivity contribution in [3.8, 4) is 11.3 Å². The number of carbonyl (C=O) groups excluding carboxylic acids is 1. The highest BCUT2D eigenvalue weighted by Crippen LogP contribution is 2.29. The van der Waals surface area contributed by atoms with Crippen molar-refractivity contribution < 1.29 is 9.53 Å². The quantitative estimate of drug-likeness (QED) is 0.813. The van der Waals surface area contributed by atoms with Crippen molar-refractivity contribution in [1.29, 1.82) is 0 Å². The van der Waals surface area contributed by atoms with Gasteiger partial charge in [-0.15, -0.1) is 0 Å². The van der Waals surface area contributed by atoms with E-state index in [-0.39, 0.29) is 11.4 Å². The Balaban J connectivity index is 1.93. The predicted molar refractivity (Wildman–Crippen MR) is 94.6 cm³/mol. The summed E-state index contributed by atoms with van der Waals surface area (Å²) in [6, 6.07) is 7.15. The van der Waals surface area contributed by atoms with E-state index in [4.69, 9.17) is 27.9 Å².